The molecule has 2 heterocycles. The first-order valence-corrected chi connectivity index (χ1v) is 9.36. The first-order valence-electron chi connectivity index (χ1n) is 8.38. The number of rotatable bonds is 1. The molecule has 3 aliphatic rings. The van der Waals surface area contributed by atoms with Crippen molar-refractivity contribution in [1.82, 2.24) is 5.32 Å². The molecule has 3 N–H and O–H groups in total. The number of carbonyl (C=O) groups excluding carboxylic acids is 1. The number of thioether (sulfide) groups is 1. The molecule has 25 heavy (non-hydrogen) atoms. The van der Waals surface area contributed by atoms with Gasteiger partial charge in [-0.3, -0.25) is 5.32 Å². The van der Waals surface area contributed by atoms with Gasteiger partial charge in [0, 0.05) is 23.8 Å². The fourth-order valence-corrected chi connectivity index (χ4v) is 4.48. The maximum Gasteiger partial charge on any atom is 0.413 e. The Kier molecular flexibility index (Phi) is 4.85. The van der Waals surface area contributed by atoms with Gasteiger partial charge in [0.25, 0.3) is 0 Å². The van der Waals surface area contributed by atoms with Crippen molar-refractivity contribution in [2.24, 2.45) is 22.6 Å². The molecule has 138 valence electrons. The summed E-state index contributed by atoms with van der Waals surface area (Å²) in [6.45, 7) is 5.88. The summed E-state index contributed by atoms with van der Waals surface area (Å²) in [7, 11) is 0. The van der Waals surface area contributed by atoms with Crippen LogP contribution in [-0.2, 0) is 9.47 Å². The van der Waals surface area contributed by atoms with Crippen LogP contribution in [0.25, 0.3) is 0 Å². The third-order valence-corrected chi connectivity index (χ3v) is 5.45. The summed E-state index contributed by atoms with van der Waals surface area (Å²) < 4.78 is 25.8. The summed E-state index contributed by atoms with van der Waals surface area (Å²) in [6, 6.07) is 0. The molecule has 0 radical (unpaired) electrons. The van der Waals surface area contributed by atoms with E-state index in [9.17, 15) is 9.18 Å². The number of alkyl carbamates (subject to hydrolysis) is 1. The lowest BCUT2D eigenvalue weighted by Crippen LogP contribution is -2.49. The number of nitrogens with zero attached hydrogens (tertiary/aromatic N) is 1. The highest BCUT2D eigenvalue weighted by molar-refractivity contribution is 8.13. The van der Waals surface area contributed by atoms with Gasteiger partial charge in [-0.2, -0.15) is 0 Å². The van der Waals surface area contributed by atoms with Crippen LogP contribution in [0.1, 0.15) is 33.6 Å². The van der Waals surface area contributed by atoms with Gasteiger partial charge >= 0.3 is 6.09 Å². The first kappa shape index (κ1) is 18.3. The minimum Gasteiger partial charge on any atom is -0.444 e. The number of carbonyl (C=O) groups is 1. The molecule has 2 unspecified atom stereocenters. The third-order valence-electron chi connectivity index (χ3n) is 4.42. The highest BCUT2D eigenvalue weighted by Crippen LogP contribution is 2.49. The molecule has 0 saturated carbocycles. The number of nitrogens with two attached hydrogens (primary N) is 1. The van der Waals surface area contributed by atoms with E-state index < -0.39 is 23.3 Å². The molecule has 3 atom stereocenters. The average Bonchev–Trinajstić information content (AvgIpc) is 2.91. The lowest BCUT2D eigenvalue weighted by molar-refractivity contribution is -0.0531. The highest BCUT2D eigenvalue weighted by Gasteiger charge is 2.54. The fraction of sp³-hybridized carbons (Fsp3) is 0.647. The summed E-state index contributed by atoms with van der Waals surface area (Å²) in [5.74, 6) is -0.0754. The number of amides is 1. The van der Waals surface area contributed by atoms with E-state index in [-0.39, 0.29) is 11.7 Å². The lowest BCUT2D eigenvalue weighted by atomic mass is 9.80. The van der Waals surface area contributed by atoms with Crippen molar-refractivity contribution in [3.63, 3.8) is 0 Å². The number of hydrogen-bond donors (Lipinski definition) is 2. The molecule has 0 spiro atoms. The Balaban J connectivity index is 1.84. The van der Waals surface area contributed by atoms with Crippen LogP contribution in [0.4, 0.5) is 9.18 Å². The van der Waals surface area contributed by atoms with Crippen LogP contribution >= 0.6 is 11.8 Å². The zero-order valence-corrected chi connectivity index (χ0v) is 15.5. The van der Waals surface area contributed by atoms with Gasteiger partial charge in [-0.15, -0.1) is 0 Å². The van der Waals surface area contributed by atoms with E-state index in [4.69, 9.17) is 15.2 Å². The maximum absolute atomic E-state index is 14.5. The molecule has 0 aromatic rings. The van der Waals surface area contributed by atoms with Gasteiger partial charge in [-0.05, 0) is 39.3 Å². The standard InChI is InChI=1S/C17H24FN3O3S/c1-16(2,3)24-15(22)20-14-21-17(10(9-25-14)6-7-23-17)12-8-11(19)4-5-13(12)18/h4-5,10,12H,6-9,19H2,1-3H3,(H,20,21,22)/t10?,12?,17-/m1/s1. The molecule has 1 fully saturated rings. The minimum absolute atomic E-state index is 0.0803. The van der Waals surface area contributed by atoms with Crippen molar-refractivity contribution < 1.29 is 18.7 Å². The van der Waals surface area contributed by atoms with Crippen LogP contribution < -0.4 is 11.1 Å². The van der Waals surface area contributed by atoms with Gasteiger partial charge in [0.15, 0.2) is 10.9 Å². The Morgan fingerprint density at radius 1 is 1.52 bits per heavy atom. The van der Waals surface area contributed by atoms with Crippen LogP contribution in [0.3, 0.4) is 0 Å². The average molecular weight is 369 g/mol. The van der Waals surface area contributed by atoms with E-state index in [1.54, 1.807) is 26.8 Å². The highest BCUT2D eigenvalue weighted by atomic mass is 32.2. The summed E-state index contributed by atoms with van der Waals surface area (Å²) >= 11 is 1.43. The molecule has 1 saturated heterocycles. The maximum atomic E-state index is 14.5. The van der Waals surface area contributed by atoms with E-state index in [1.807, 2.05) is 0 Å². The number of amidine groups is 1. The molecule has 6 nitrogen and oxygen atoms in total. The summed E-state index contributed by atoms with van der Waals surface area (Å²) in [5.41, 5.74) is 4.89. The Labute approximate surface area is 151 Å². The lowest BCUT2D eigenvalue weighted by Gasteiger charge is -2.41. The third kappa shape index (κ3) is 3.84. The fourth-order valence-electron chi connectivity index (χ4n) is 3.35. The number of allylic oxidation sites excluding steroid dienone is 3. The molecular weight excluding hydrogens is 345 g/mol. The minimum atomic E-state index is -1.02. The zero-order valence-electron chi connectivity index (χ0n) is 14.7. The molecular formula is C17H24FN3O3S. The summed E-state index contributed by atoms with van der Waals surface area (Å²) in [4.78, 5) is 16.7. The smallest absolute Gasteiger partial charge is 0.413 e. The number of ether oxygens (including phenoxy) is 2. The number of nitrogens with one attached hydrogen (secondary N) is 1. The Morgan fingerprint density at radius 3 is 3.00 bits per heavy atom. The second-order valence-electron chi connectivity index (χ2n) is 7.49. The number of fused-ring (bicyclic) bond motifs is 1. The molecule has 0 aromatic carbocycles. The predicted molar refractivity (Wildman–Crippen MR) is 95.6 cm³/mol. The molecule has 1 amide bonds. The Morgan fingerprint density at radius 2 is 2.28 bits per heavy atom. The molecule has 8 heteroatoms. The topological polar surface area (TPSA) is 85.9 Å². The second kappa shape index (κ2) is 6.64. The van der Waals surface area contributed by atoms with Crippen molar-refractivity contribution in [2.75, 3.05) is 12.4 Å². The zero-order chi connectivity index (χ0) is 18.2. The molecule has 3 rings (SSSR count). The molecule has 1 aliphatic carbocycles. The number of hydrogen-bond acceptors (Lipinski definition) is 6. The number of aliphatic imine (C=N–C) groups is 1. The van der Waals surface area contributed by atoms with E-state index in [0.717, 1.165) is 6.42 Å². The SMILES string of the molecule is CC(C)(C)OC(=O)NC1=N[C@@]2(C3CC(N)=CC=C3F)OCCC2CS1. The van der Waals surface area contributed by atoms with Crippen molar-refractivity contribution in [3.8, 4) is 0 Å². The van der Waals surface area contributed by atoms with Crippen LogP contribution in [0, 0.1) is 11.8 Å². The summed E-state index contributed by atoms with van der Waals surface area (Å²) in [6.07, 6.45) is 3.54. The molecule has 0 aromatic heterocycles. The second-order valence-corrected chi connectivity index (χ2v) is 8.50. The van der Waals surface area contributed by atoms with Gasteiger partial charge < -0.3 is 15.2 Å². The van der Waals surface area contributed by atoms with Crippen molar-refractivity contribution in [3.05, 3.63) is 23.7 Å². The van der Waals surface area contributed by atoms with Gasteiger partial charge in [-0.25, -0.2) is 14.2 Å². The van der Waals surface area contributed by atoms with E-state index in [1.165, 1.54) is 17.8 Å². The summed E-state index contributed by atoms with van der Waals surface area (Å²) in [5, 5.41) is 3.06. The molecule has 0 bridgehead atoms. The first-order chi connectivity index (χ1) is 11.7. The normalized spacial score (nSPS) is 32.2. The van der Waals surface area contributed by atoms with Crippen LogP contribution in [0.2, 0.25) is 0 Å². The van der Waals surface area contributed by atoms with Crippen LogP contribution in [0.5, 0.6) is 0 Å². The van der Waals surface area contributed by atoms with E-state index in [2.05, 4.69) is 10.3 Å². The monoisotopic (exact) mass is 369 g/mol. The van der Waals surface area contributed by atoms with Crippen molar-refractivity contribution in [1.29, 1.82) is 0 Å². The van der Waals surface area contributed by atoms with Crippen molar-refractivity contribution >= 4 is 23.0 Å². The quantitative estimate of drug-likeness (QED) is 0.742. The Bertz CT molecular complexity index is 656. The van der Waals surface area contributed by atoms with Crippen LogP contribution in [0.15, 0.2) is 28.7 Å². The van der Waals surface area contributed by atoms with E-state index >= 15 is 0 Å². The van der Waals surface area contributed by atoms with Crippen molar-refractivity contribution in [2.45, 2.75) is 44.9 Å². The van der Waals surface area contributed by atoms with E-state index in [0.29, 0.717) is 29.6 Å². The van der Waals surface area contributed by atoms with Gasteiger partial charge in [-0.1, -0.05) is 11.8 Å². The van der Waals surface area contributed by atoms with Crippen LogP contribution in [-0.4, -0.2) is 34.9 Å². The Hall–Kier alpha value is -1.54. The van der Waals surface area contributed by atoms with Gasteiger partial charge in [0.05, 0.1) is 12.5 Å². The largest absolute Gasteiger partial charge is 0.444 e. The number of halogens is 1. The van der Waals surface area contributed by atoms with Gasteiger partial charge in [0.2, 0.25) is 0 Å². The van der Waals surface area contributed by atoms with Gasteiger partial charge in [0.1, 0.15) is 11.4 Å². The molecule has 2 aliphatic heterocycles. The predicted octanol–water partition coefficient (Wildman–Crippen LogP) is 3.06.